The molecule has 0 aliphatic rings. The second-order valence-electron chi connectivity index (χ2n) is 1.85. The molecule has 1 atom stereocenters. The van der Waals surface area contributed by atoms with E-state index in [0.717, 1.165) is 19.3 Å². The van der Waals surface area contributed by atoms with Gasteiger partial charge in [-0.2, -0.15) is 0 Å². The Morgan fingerprint density at radius 2 is 2.00 bits per heavy atom. The minimum absolute atomic E-state index is 0. The minimum Gasteiger partial charge on any atom is -0.346 e. The van der Waals surface area contributed by atoms with E-state index >= 15 is 0 Å². The van der Waals surface area contributed by atoms with Gasteiger partial charge in [0.2, 0.25) is 0 Å². The molecule has 0 aromatic rings. The molecule has 0 radical (unpaired) electrons. The van der Waals surface area contributed by atoms with Crippen LogP contribution in [-0.4, -0.2) is 11.1 Å². The van der Waals surface area contributed by atoms with Crippen LogP contribution in [0.15, 0.2) is 0 Å². The Balaban J connectivity index is 0. The zero-order valence-electron chi connectivity index (χ0n) is 5.54. The van der Waals surface area contributed by atoms with Crippen molar-refractivity contribution in [2.45, 2.75) is 26.2 Å². The molecule has 58 valence electrons. The van der Waals surface area contributed by atoms with Crippen molar-refractivity contribution in [2.75, 3.05) is 6.16 Å². The topological polar surface area (TPSA) is 37.3 Å². The minimum atomic E-state index is -2.16. The van der Waals surface area contributed by atoms with Crippen molar-refractivity contribution in [3.8, 4) is 0 Å². The van der Waals surface area contributed by atoms with Crippen LogP contribution in [0, 0.1) is 0 Å². The summed E-state index contributed by atoms with van der Waals surface area (Å²) in [5.74, 6) is 0. The zero-order chi connectivity index (χ0) is 6.41. The van der Waals surface area contributed by atoms with E-state index < -0.39 is 8.03 Å². The van der Waals surface area contributed by atoms with Crippen molar-refractivity contribution in [1.82, 2.24) is 0 Å². The second kappa shape index (κ2) is 8.71. The summed E-state index contributed by atoms with van der Waals surface area (Å²) in [6, 6.07) is 0. The van der Waals surface area contributed by atoms with E-state index in [1.165, 1.54) is 0 Å². The van der Waals surface area contributed by atoms with Crippen LogP contribution in [0.2, 0.25) is 0 Å². The standard InChI is InChI=1S/C5H13O2P.Fe/c1-2-3-4-5-8(6)7;/h8H,2-5H2,1H3,(H,6,7);. The Kier molecular flexibility index (Phi) is 12.0. The van der Waals surface area contributed by atoms with Gasteiger partial charge in [0.15, 0.2) is 8.03 Å². The molecule has 2 nitrogen and oxygen atoms in total. The zero-order valence-corrected chi connectivity index (χ0v) is 7.64. The molecular weight excluding hydrogens is 179 g/mol. The quantitative estimate of drug-likeness (QED) is 0.417. The van der Waals surface area contributed by atoms with Crippen molar-refractivity contribution >= 4 is 8.03 Å². The smallest absolute Gasteiger partial charge is 0.189 e. The molecule has 0 heterocycles. The SMILES string of the molecule is CCCCC[PH](=O)O.[Fe]. The first kappa shape index (κ1) is 12.4. The van der Waals surface area contributed by atoms with Gasteiger partial charge < -0.3 is 4.89 Å². The maximum Gasteiger partial charge on any atom is 0.189 e. The molecule has 0 amide bonds. The van der Waals surface area contributed by atoms with Gasteiger partial charge in [-0.25, -0.2) is 0 Å². The van der Waals surface area contributed by atoms with Gasteiger partial charge in [0, 0.05) is 23.2 Å². The van der Waals surface area contributed by atoms with Crippen molar-refractivity contribution in [3.63, 3.8) is 0 Å². The average Bonchev–Trinajstić information content (AvgIpc) is 1.66. The van der Waals surface area contributed by atoms with Crippen LogP contribution >= 0.6 is 8.03 Å². The van der Waals surface area contributed by atoms with Crippen LogP contribution < -0.4 is 0 Å². The average molecular weight is 192 g/mol. The van der Waals surface area contributed by atoms with Gasteiger partial charge >= 0.3 is 0 Å². The van der Waals surface area contributed by atoms with E-state index in [2.05, 4.69) is 6.92 Å². The van der Waals surface area contributed by atoms with Crippen molar-refractivity contribution in [1.29, 1.82) is 0 Å². The Hall–Kier alpha value is 0.709. The first-order valence-electron chi connectivity index (χ1n) is 2.99. The van der Waals surface area contributed by atoms with E-state index in [0.29, 0.717) is 6.16 Å². The molecular formula is C5H13FeO2P. The second-order valence-corrected chi connectivity index (χ2v) is 3.14. The summed E-state index contributed by atoms with van der Waals surface area (Å²) in [5.41, 5.74) is 0. The van der Waals surface area contributed by atoms with Crippen LogP contribution in [0.25, 0.3) is 0 Å². The molecule has 0 aromatic carbocycles. The van der Waals surface area contributed by atoms with E-state index in [1.54, 1.807) is 0 Å². The molecule has 0 aromatic heterocycles. The largest absolute Gasteiger partial charge is 0.346 e. The monoisotopic (exact) mass is 192 g/mol. The maximum atomic E-state index is 10.1. The first-order chi connectivity index (χ1) is 3.77. The maximum absolute atomic E-state index is 10.1. The molecule has 0 aliphatic carbocycles. The third-order valence-corrected chi connectivity index (χ3v) is 1.78. The molecule has 0 saturated carbocycles. The molecule has 0 rings (SSSR count). The third-order valence-electron chi connectivity index (χ3n) is 0.994. The van der Waals surface area contributed by atoms with Crippen LogP contribution in [0.5, 0.6) is 0 Å². The van der Waals surface area contributed by atoms with Gasteiger partial charge in [-0.3, -0.25) is 4.57 Å². The molecule has 0 aliphatic heterocycles. The van der Waals surface area contributed by atoms with Gasteiger partial charge in [0.05, 0.1) is 0 Å². The van der Waals surface area contributed by atoms with Crippen LogP contribution in [0.4, 0.5) is 0 Å². The fourth-order valence-electron chi connectivity index (χ4n) is 0.526. The van der Waals surface area contributed by atoms with E-state index in [4.69, 9.17) is 4.89 Å². The molecule has 9 heavy (non-hydrogen) atoms. The Morgan fingerprint density at radius 1 is 1.44 bits per heavy atom. The summed E-state index contributed by atoms with van der Waals surface area (Å²) in [4.78, 5) is 8.33. The predicted octanol–water partition coefficient (Wildman–Crippen LogP) is 1.64. The summed E-state index contributed by atoms with van der Waals surface area (Å²) in [6.45, 7) is 2.08. The number of rotatable bonds is 4. The summed E-state index contributed by atoms with van der Waals surface area (Å²) >= 11 is 0. The number of unbranched alkanes of at least 4 members (excludes halogenated alkanes) is 2. The number of hydrogen-bond donors (Lipinski definition) is 1. The van der Waals surface area contributed by atoms with E-state index in [-0.39, 0.29) is 17.1 Å². The van der Waals surface area contributed by atoms with Crippen molar-refractivity contribution in [2.24, 2.45) is 0 Å². The van der Waals surface area contributed by atoms with E-state index in [9.17, 15) is 4.57 Å². The van der Waals surface area contributed by atoms with Gasteiger partial charge in [0.1, 0.15) is 0 Å². The summed E-state index contributed by atoms with van der Waals surface area (Å²) in [7, 11) is -2.16. The molecule has 0 spiro atoms. The predicted molar refractivity (Wildman–Crippen MR) is 35.6 cm³/mol. The van der Waals surface area contributed by atoms with Crippen LogP contribution in [0.1, 0.15) is 26.2 Å². The van der Waals surface area contributed by atoms with Crippen LogP contribution in [0.3, 0.4) is 0 Å². The summed E-state index contributed by atoms with van der Waals surface area (Å²) < 4.78 is 10.1. The normalized spacial score (nSPS) is 12.2. The fourth-order valence-corrected chi connectivity index (χ4v) is 1.08. The van der Waals surface area contributed by atoms with Gasteiger partial charge in [-0.05, 0) is 6.42 Å². The van der Waals surface area contributed by atoms with Crippen LogP contribution in [-0.2, 0) is 21.6 Å². The summed E-state index contributed by atoms with van der Waals surface area (Å²) in [6.07, 6.45) is 3.62. The molecule has 4 heteroatoms. The Labute approximate surface area is 67.4 Å². The molecule has 0 bridgehead atoms. The van der Waals surface area contributed by atoms with Gasteiger partial charge in [0.25, 0.3) is 0 Å². The van der Waals surface area contributed by atoms with Crippen molar-refractivity contribution < 1.29 is 26.5 Å². The molecule has 1 unspecified atom stereocenters. The third kappa shape index (κ3) is 12.0. The van der Waals surface area contributed by atoms with Crippen molar-refractivity contribution in [3.05, 3.63) is 0 Å². The Morgan fingerprint density at radius 3 is 2.33 bits per heavy atom. The molecule has 1 N–H and O–H groups in total. The molecule has 0 saturated heterocycles. The van der Waals surface area contributed by atoms with Gasteiger partial charge in [-0.1, -0.05) is 19.8 Å². The number of hydrogen-bond acceptors (Lipinski definition) is 1. The fraction of sp³-hybridized carbons (Fsp3) is 1.00. The summed E-state index contributed by atoms with van der Waals surface area (Å²) in [5, 5.41) is 0. The van der Waals surface area contributed by atoms with E-state index in [1.807, 2.05) is 0 Å². The first-order valence-corrected chi connectivity index (χ1v) is 4.55. The molecule has 0 fully saturated rings. The van der Waals surface area contributed by atoms with Gasteiger partial charge in [-0.15, -0.1) is 0 Å². The Bertz CT molecular complexity index is 77.4.